The van der Waals surface area contributed by atoms with Crippen LogP contribution in [0.2, 0.25) is 5.02 Å². The lowest BCUT2D eigenvalue weighted by Crippen LogP contribution is -2.06. The van der Waals surface area contributed by atoms with Crippen molar-refractivity contribution in [1.29, 1.82) is 0 Å². The van der Waals surface area contributed by atoms with Crippen LogP contribution in [0, 0.1) is 12.7 Å². The number of hydrogen-bond donors (Lipinski definition) is 0. The van der Waals surface area contributed by atoms with Gasteiger partial charge in [-0.2, -0.15) is 0 Å². The van der Waals surface area contributed by atoms with Crippen LogP contribution in [0.15, 0.2) is 42.5 Å². The molecular weight excluding hydrogens is 251 g/mol. The first-order valence-corrected chi connectivity index (χ1v) is 5.98. The fraction of sp³-hybridized carbons (Fsp3) is 0.133. The SMILES string of the molecule is Cc1cc(F)ccc1C(=O)Cc1ccccc1Cl. The summed E-state index contributed by atoms with van der Waals surface area (Å²) < 4.78 is 13.0. The van der Waals surface area contributed by atoms with Gasteiger partial charge in [-0.3, -0.25) is 4.79 Å². The summed E-state index contributed by atoms with van der Waals surface area (Å²) in [6.45, 7) is 1.73. The predicted molar refractivity (Wildman–Crippen MR) is 70.6 cm³/mol. The Kier molecular flexibility index (Phi) is 3.78. The van der Waals surface area contributed by atoms with Crippen molar-refractivity contribution in [2.24, 2.45) is 0 Å². The van der Waals surface area contributed by atoms with Crippen LogP contribution in [0.4, 0.5) is 4.39 Å². The minimum Gasteiger partial charge on any atom is -0.294 e. The molecule has 3 heteroatoms. The first-order valence-electron chi connectivity index (χ1n) is 5.60. The molecular formula is C15H12ClFO. The average Bonchev–Trinajstić information content (AvgIpc) is 2.32. The van der Waals surface area contributed by atoms with Gasteiger partial charge >= 0.3 is 0 Å². The smallest absolute Gasteiger partial charge is 0.167 e. The lowest BCUT2D eigenvalue weighted by molar-refractivity contribution is 0.0992. The zero-order valence-electron chi connectivity index (χ0n) is 9.91. The summed E-state index contributed by atoms with van der Waals surface area (Å²) in [4.78, 5) is 12.1. The van der Waals surface area contributed by atoms with E-state index in [0.717, 1.165) is 5.56 Å². The second-order valence-electron chi connectivity index (χ2n) is 4.15. The Balaban J connectivity index is 2.25. The molecule has 0 N–H and O–H groups in total. The van der Waals surface area contributed by atoms with E-state index in [1.165, 1.54) is 18.2 Å². The zero-order valence-corrected chi connectivity index (χ0v) is 10.7. The number of carbonyl (C=O) groups excluding carboxylic acids is 1. The summed E-state index contributed by atoms with van der Waals surface area (Å²) in [6.07, 6.45) is 0.228. The Morgan fingerprint density at radius 2 is 1.94 bits per heavy atom. The van der Waals surface area contributed by atoms with Crippen molar-refractivity contribution in [3.63, 3.8) is 0 Å². The number of rotatable bonds is 3. The van der Waals surface area contributed by atoms with E-state index in [2.05, 4.69) is 0 Å². The van der Waals surface area contributed by atoms with Gasteiger partial charge in [0, 0.05) is 17.0 Å². The van der Waals surface area contributed by atoms with Crippen LogP contribution in [-0.2, 0) is 6.42 Å². The summed E-state index contributed by atoms with van der Waals surface area (Å²) in [6, 6.07) is 11.4. The molecule has 2 rings (SSSR count). The molecule has 0 bridgehead atoms. The van der Waals surface area contributed by atoms with E-state index >= 15 is 0 Å². The average molecular weight is 263 g/mol. The molecule has 0 aliphatic rings. The minimum atomic E-state index is -0.332. The summed E-state index contributed by atoms with van der Waals surface area (Å²) >= 11 is 6.01. The van der Waals surface area contributed by atoms with E-state index in [1.54, 1.807) is 13.0 Å². The van der Waals surface area contributed by atoms with Gasteiger partial charge in [0.1, 0.15) is 5.82 Å². The van der Waals surface area contributed by atoms with Crippen molar-refractivity contribution in [3.8, 4) is 0 Å². The van der Waals surface area contributed by atoms with Gasteiger partial charge in [0.15, 0.2) is 5.78 Å². The van der Waals surface area contributed by atoms with Gasteiger partial charge < -0.3 is 0 Å². The molecule has 0 aromatic heterocycles. The van der Waals surface area contributed by atoms with Crippen molar-refractivity contribution < 1.29 is 9.18 Å². The number of aryl methyl sites for hydroxylation is 1. The highest BCUT2D eigenvalue weighted by Crippen LogP contribution is 2.19. The van der Waals surface area contributed by atoms with Crippen LogP contribution in [0.3, 0.4) is 0 Å². The van der Waals surface area contributed by atoms with Crippen molar-refractivity contribution in [2.75, 3.05) is 0 Å². The highest BCUT2D eigenvalue weighted by molar-refractivity contribution is 6.31. The molecule has 0 amide bonds. The Morgan fingerprint density at radius 3 is 2.61 bits per heavy atom. The first-order chi connectivity index (χ1) is 8.58. The lowest BCUT2D eigenvalue weighted by Gasteiger charge is -2.06. The highest BCUT2D eigenvalue weighted by atomic mass is 35.5. The van der Waals surface area contributed by atoms with E-state index in [9.17, 15) is 9.18 Å². The summed E-state index contributed by atoms with van der Waals surface area (Å²) in [7, 11) is 0. The maximum Gasteiger partial charge on any atom is 0.167 e. The second-order valence-corrected chi connectivity index (χ2v) is 4.56. The largest absolute Gasteiger partial charge is 0.294 e. The van der Waals surface area contributed by atoms with Crippen molar-refractivity contribution in [1.82, 2.24) is 0 Å². The van der Waals surface area contributed by atoms with Crippen LogP contribution >= 0.6 is 11.6 Å². The minimum absolute atomic E-state index is 0.0550. The Bertz CT molecular complexity index is 593. The normalized spacial score (nSPS) is 10.4. The fourth-order valence-electron chi connectivity index (χ4n) is 1.85. The molecule has 2 aromatic rings. The molecule has 0 aliphatic heterocycles. The number of ketones is 1. The molecule has 0 heterocycles. The third kappa shape index (κ3) is 2.77. The van der Waals surface area contributed by atoms with E-state index in [0.29, 0.717) is 16.1 Å². The van der Waals surface area contributed by atoms with Gasteiger partial charge in [0.2, 0.25) is 0 Å². The molecule has 0 saturated carbocycles. The number of halogens is 2. The molecule has 0 aliphatic carbocycles. The van der Waals surface area contributed by atoms with E-state index in [1.807, 2.05) is 18.2 Å². The van der Waals surface area contributed by atoms with Gasteiger partial charge in [0.25, 0.3) is 0 Å². The zero-order chi connectivity index (χ0) is 13.1. The monoisotopic (exact) mass is 262 g/mol. The third-order valence-corrected chi connectivity index (χ3v) is 3.17. The predicted octanol–water partition coefficient (Wildman–Crippen LogP) is 4.21. The van der Waals surface area contributed by atoms with E-state index < -0.39 is 0 Å². The Hall–Kier alpha value is -1.67. The molecule has 0 atom stereocenters. The molecule has 1 nitrogen and oxygen atoms in total. The number of Topliss-reactive ketones (excluding diaryl/α,β-unsaturated/α-hetero) is 1. The fourth-order valence-corrected chi connectivity index (χ4v) is 2.05. The van der Waals surface area contributed by atoms with Crippen LogP contribution in [0.25, 0.3) is 0 Å². The maximum absolute atomic E-state index is 13.0. The topological polar surface area (TPSA) is 17.1 Å². The highest BCUT2D eigenvalue weighted by Gasteiger charge is 2.12. The molecule has 0 spiro atoms. The quantitative estimate of drug-likeness (QED) is 0.757. The van der Waals surface area contributed by atoms with Crippen LogP contribution in [-0.4, -0.2) is 5.78 Å². The summed E-state index contributed by atoms with van der Waals surface area (Å²) in [5, 5.41) is 0.575. The van der Waals surface area contributed by atoms with Gasteiger partial charge in [0.05, 0.1) is 0 Å². The maximum atomic E-state index is 13.0. The van der Waals surface area contributed by atoms with Gasteiger partial charge in [-0.25, -0.2) is 4.39 Å². The van der Waals surface area contributed by atoms with Gasteiger partial charge in [-0.05, 0) is 42.3 Å². The molecule has 0 unspecified atom stereocenters. The van der Waals surface area contributed by atoms with Crippen molar-refractivity contribution >= 4 is 17.4 Å². The summed E-state index contributed by atoms with van der Waals surface area (Å²) in [5.41, 5.74) is 1.97. The van der Waals surface area contributed by atoms with Crippen molar-refractivity contribution in [3.05, 3.63) is 70.0 Å². The van der Waals surface area contributed by atoms with Crippen LogP contribution < -0.4 is 0 Å². The van der Waals surface area contributed by atoms with Crippen LogP contribution in [0.1, 0.15) is 21.5 Å². The molecule has 2 aromatic carbocycles. The lowest BCUT2D eigenvalue weighted by atomic mass is 9.99. The van der Waals surface area contributed by atoms with E-state index in [4.69, 9.17) is 11.6 Å². The summed E-state index contributed by atoms with van der Waals surface area (Å²) in [5.74, 6) is -0.387. The Morgan fingerprint density at radius 1 is 1.22 bits per heavy atom. The van der Waals surface area contributed by atoms with E-state index in [-0.39, 0.29) is 18.0 Å². The number of carbonyl (C=O) groups is 1. The van der Waals surface area contributed by atoms with Gasteiger partial charge in [-0.1, -0.05) is 29.8 Å². The number of hydrogen-bond acceptors (Lipinski definition) is 1. The third-order valence-electron chi connectivity index (χ3n) is 2.80. The number of benzene rings is 2. The molecule has 92 valence electrons. The molecule has 0 radical (unpaired) electrons. The Labute approximate surface area is 110 Å². The van der Waals surface area contributed by atoms with Gasteiger partial charge in [-0.15, -0.1) is 0 Å². The first kappa shape index (κ1) is 12.8. The molecule has 0 fully saturated rings. The van der Waals surface area contributed by atoms with Crippen LogP contribution in [0.5, 0.6) is 0 Å². The molecule has 18 heavy (non-hydrogen) atoms. The standard InChI is InChI=1S/C15H12ClFO/c1-10-8-12(17)6-7-13(10)15(18)9-11-4-2-3-5-14(11)16/h2-8H,9H2,1H3. The second kappa shape index (κ2) is 5.32. The van der Waals surface area contributed by atoms with Crippen molar-refractivity contribution in [2.45, 2.75) is 13.3 Å². The molecule has 0 saturated heterocycles.